The summed E-state index contributed by atoms with van der Waals surface area (Å²) in [6.07, 6.45) is 10.5. The Bertz CT molecular complexity index is 883. The van der Waals surface area contributed by atoms with E-state index in [1.165, 1.54) is 60.4 Å². The lowest BCUT2D eigenvalue weighted by atomic mass is 9.94. The Hall–Kier alpha value is -1.51. The number of imidazole rings is 1. The summed E-state index contributed by atoms with van der Waals surface area (Å²) < 4.78 is 1.93. The number of rotatable bonds is 8. The molecule has 0 spiro atoms. The predicted molar refractivity (Wildman–Crippen MR) is 113 cm³/mol. The summed E-state index contributed by atoms with van der Waals surface area (Å²) in [5.41, 5.74) is 3.66. The van der Waals surface area contributed by atoms with Gasteiger partial charge in [-0.05, 0) is 47.7 Å². The molecule has 0 unspecified atom stereocenters. The van der Waals surface area contributed by atoms with Crippen molar-refractivity contribution in [3.8, 4) is 5.69 Å². The van der Waals surface area contributed by atoms with E-state index < -0.39 is 0 Å². The van der Waals surface area contributed by atoms with Crippen molar-refractivity contribution >= 4 is 34.0 Å². The standard InChI is InChI=1S/C22H26Cl2N2/c1-3-4-5-6-7-8-13-19-18-12-10-9-11-17(18)14-16(2)20(19)26-15-25-21(23)22(26)24/h9-12,14-15H,3-8,13H2,1-2H3. The third kappa shape index (κ3) is 4.07. The molecular formula is C22H26Cl2N2. The Morgan fingerprint density at radius 2 is 1.73 bits per heavy atom. The third-order valence-corrected chi connectivity index (χ3v) is 5.74. The zero-order chi connectivity index (χ0) is 18.5. The van der Waals surface area contributed by atoms with Gasteiger partial charge in [0.25, 0.3) is 0 Å². The van der Waals surface area contributed by atoms with Crippen LogP contribution in [0.2, 0.25) is 10.3 Å². The molecule has 1 aromatic heterocycles. The predicted octanol–water partition coefficient (Wildman–Crippen LogP) is 7.54. The number of aromatic nitrogens is 2. The van der Waals surface area contributed by atoms with Crippen LogP contribution in [0.15, 0.2) is 36.7 Å². The van der Waals surface area contributed by atoms with Crippen molar-refractivity contribution in [2.45, 2.75) is 58.8 Å². The minimum absolute atomic E-state index is 0.352. The molecular weight excluding hydrogens is 363 g/mol. The van der Waals surface area contributed by atoms with Crippen LogP contribution in [-0.4, -0.2) is 9.55 Å². The van der Waals surface area contributed by atoms with Gasteiger partial charge < -0.3 is 0 Å². The van der Waals surface area contributed by atoms with Gasteiger partial charge in [0.15, 0.2) is 10.3 Å². The number of hydrogen-bond donors (Lipinski definition) is 0. The number of benzene rings is 2. The average molecular weight is 389 g/mol. The first-order valence-corrected chi connectivity index (χ1v) is 10.3. The molecule has 0 saturated heterocycles. The van der Waals surface area contributed by atoms with Crippen LogP contribution in [-0.2, 0) is 6.42 Å². The molecule has 2 nitrogen and oxygen atoms in total. The Morgan fingerprint density at radius 1 is 1.00 bits per heavy atom. The molecule has 2 aromatic carbocycles. The van der Waals surface area contributed by atoms with E-state index in [9.17, 15) is 0 Å². The zero-order valence-electron chi connectivity index (χ0n) is 15.6. The molecule has 26 heavy (non-hydrogen) atoms. The zero-order valence-corrected chi connectivity index (χ0v) is 17.1. The van der Waals surface area contributed by atoms with Crippen molar-refractivity contribution in [1.82, 2.24) is 9.55 Å². The van der Waals surface area contributed by atoms with Gasteiger partial charge in [-0.2, -0.15) is 0 Å². The highest BCUT2D eigenvalue weighted by atomic mass is 35.5. The topological polar surface area (TPSA) is 17.8 Å². The number of unbranched alkanes of at least 4 members (excludes halogenated alkanes) is 5. The maximum Gasteiger partial charge on any atom is 0.166 e. The van der Waals surface area contributed by atoms with Crippen molar-refractivity contribution in [2.24, 2.45) is 0 Å². The van der Waals surface area contributed by atoms with Gasteiger partial charge in [0.05, 0.1) is 5.69 Å². The molecule has 3 aromatic rings. The summed E-state index contributed by atoms with van der Waals surface area (Å²) in [6, 6.07) is 10.8. The van der Waals surface area contributed by atoms with Gasteiger partial charge in [0.2, 0.25) is 0 Å². The van der Waals surface area contributed by atoms with Crippen LogP contribution >= 0.6 is 23.2 Å². The van der Waals surface area contributed by atoms with Crippen LogP contribution in [0.3, 0.4) is 0 Å². The van der Waals surface area contributed by atoms with E-state index in [0.29, 0.717) is 10.3 Å². The fourth-order valence-electron chi connectivity index (χ4n) is 3.70. The molecule has 3 rings (SSSR count). The summed E-state index contributed by atoms with van der Waals surface area (Å²) in [7, 11) is 0. The SMILES string of the molecule is CCCCCCCCc1c(-n2cnc(Cl)c2Cl)c(C)cc2ccccc12. The van der Waals surface area contributed by atoms with E-state index in [-0.39, 0.29) is 0 Å². The quantitative estimate of drug-likeness (QED) is 0.364. The summed E-state index contributed by atoms with van der Waals surface area (Å²) in [4.78, 5) is 4.18. The van der Waals surface area contributed by atoms with Crippen LogP contribution in [0.1, 0.15) is 56.6 Å². The molecule has 0 amide bonds. The normalized spacial score (nSPS) is 11.4. The van der Waals surface area contributed by atoms with E-state index in [1.54, 1.807) is 6.33 Å². The van der Waals surface area contributed by atoms with Crippen molar-refractivity contribution in [3.63, 3.8) is 0 Å². The summed E-state index contributed by atoms with van der Waals surface area (Å²) in [5, 5.41) is 3.40. The summed E-state index contributed by atoms with van der Waals surface area (Å²) in [6.45, 7) is 4.39. The highest BCUT2D eigenvalue weighted by Crippen LogP contribution is 2.33. The maximum atomic E-state index is 6.43. The average Bonchev–Trinajstić information content (AvgIpc) is 2.96. The van der Waals surface area contributed by atoms with Gasteiger partial charge in [-0.25, -0.2) is 4.98 Å². The van der Waals surface area contributed by atoms with E-state index >= 15 is 0 Å². The Kier molecular flexibility index (Phi) is 6.61. The van der Waals surface area contributed by atoms with Crippen molar-refractivity contribution in [1.29, 1.82) is 0 Å². The van der Waals surface area contributed by atoms with Crippen molar-refractivity contribution < 1.29 is 0 Å². The largest absolute Gasteiger partial charge is 0.288 e. The van der Waals surface area contributed by atoms with Gasteiger partial charge in [0, 0.05) is 0 Å². The molecule has 138 valence electrons. The van der Waals surface area contributed by atoms with Gasteiger partial charge in [-0.3, -0.25) is 4.57 Å². The van der Waals surface area contributed by atoms with Gasteiger partial charge in [0.1, 0.15) is 6.33 Å². The summed E-state index contributed by atoms with van der Waals surface area (Å²) in [5.74, 6) is 0. The molecule has 0 aliphatic carbocycles. The molecule has 0 radical (unpaired) electrons. The highest BCUT2D eigenvalue weighted by molar-refractivity contribution is 6.40. The maximum absolute atomic E-state index is 6.43. The number of fused-ring (bicyclic) bond motifs is 1. The smallest absolute Gasteiger partial charge is 0.166 e. The Morgan fingerprint density at radius 3 is 2.46 bits per heavy atom. The number of hydrogen-bond acceptors (Lipinski definition) is 1. The van der Waals surface area contributed by atoms with Crippen LogP contribution in [0.25, 0.3) is 16.5 Å². The Labute approximate surface area is 166 Å². The van der Waals surface area contributed by atoms with E-state index in [2.05, 4.69) is 49.2 Å². The van der Waals surface area contributed by atoms with Crippen LogP contribution in [0.4, 0.5) is 0 Å². The fourth-order valence-corrected chi connectivity index (χ4v) is 4.01. The van der Waals surface area contributed by atoms with Crippen LogP contribution in [0.5, 0.6) is 0 Å². The lowest BCUT2D eigenvalue weighted by Crippen LogP contribution is -2.03. The van der Waals surface area contributed by atoms with Gasteiger partial charge in [-0.15, -0.1) is 0 Å². The minimum atomic E-state index is 0.352. The second-order valence-corrected chi connectivity index (χ2v) is 7.67. The second-order valence-electron chi connectivity index (χ2n) is 6.96. The first-order valence-electron chi connectivity index (χ1n) is 9.53. The highest BCUT2D eigenvalue weighted by Gasteiger charge is 2.16. The van der Waals surface area contributed by atoms with E-state index in [0.717, 1.165) is 12.1 Å². The molecule has 0 saturated carbocycles. The van der Waals surface area contributed by atoms with Gasteiger partial charge >= 0.3 is 0 Å². The lowest BCUT2D eigenvalue weighted by Gasteiger charge is -2.18. The Balaban J connectivity index is 1.97. The number of nitrogens with zero attached hydrogens (tertiary/aromatic N) is 2. The first kappa shape index (κ1) is 19.3. The third-order valence-electron chi connectivity index (χ3n) is 5.01. The van der Waals surface area contributed by atoms with Crippen molar-refractivity contribution in [2.75, 3.05) is 0 Å². The molecule has 4 heteroatoms. The monoisotopic (exact) mass is 388 g/mol. The molecule has 0 fully saturated rings. The molecule has 0 atom stereocenters. The molecule has 0 N–H and O–H groups in total. The van der Waals surface area contributed by atoms with Gasteiger partial charge in [-0.1, -0.05) is 86.5 Å². The lowest BCUT2D eigenvalue weighted by molar-refractivity contribution is 0.607. The van der Waals surface area contributed by atoms with E-state index in [1.807, 2.05) is 4.57 Å². The number of aryl methyl sites for hydroxylation is 2. The van der Waals surface area contributed by atoms with Crippen molar-refractivity contribution in [3.05, 3.63) is 58.1 Å². The number of halogens is 2. The molecule has 0 aliphatic heterocycles. The molecule has 1 heterocycles. The van der Waals surface area contributed by atoms with Crippen LogP contribution in [0, 0.1) is 6.92 Å². The fraction of sp³-hybridized carbons (Fsp3) is 0.409. The second kappa shape index (κ2) is 8.92. The molecule has 0 aliphatic rings. The first-order chi connectivity index (χ1) is 12.6. The van der Waals surface area contributed by atoms with Crippen LogP contribution < -0.4 is 0 Å². The molecule has 0 bridgehead atoms. The van der Waals surface area contributed by atoms with E-state index in [4.69, 9.17) is 23.2 Å². The minimum Gasteiger partial charge on any atom is -0.288 e. The summed E-state index contributed by atoms with van der Waals surface area (Å²) >= 11 is 12.5.